The number of fused-ring (bicyclic) bond motifs is 13. The molecular formula is C65H52N2O2. The number of para-hydroxylation sites is 4. The zero-order chi connectivity index (χ0) is 46.7. The van der Waals surface area contributed by atoms with Crippen molar-refractivity contribution in [2.24, 2.45) is 0 Å². The van der Waals surface area contributed by atoms with Crippen molar-refractivity contribution in [1.82, 2.24) is 0 Å². The molecule has 0 aliphatic heterocycles. The molecule has 0 radical (unpaired) electrons. The lowest BCUT2D eigenvalue weighted by Gasteiger charge is -2.30. The van der Waals surface area contributed by atoms with Crippen molar-refractivity contribution >= 4 is 99.5 Å². The fraction of sp³-hybridized carbons (Fsp3) is 0.138. The van der Waals surface area contributed by atoms with Gasteiger partial charge >= 0.3 is 0 Å². The Labute approximate surface area is 402 Å². The predicted molar refractivity (Wildman–Crippen MR) is 291 cm³/mol. The first-order chi connectivity index (χ1) is 33.7. The second-order valence-electron chi connectivity index (χ2n) is 20.0. The van der Waals surface area contributed by atoms with Gasteiger partial charge in [-0.15, -0.1) is 0 Å². The summed E-state index contributed by atoms with van der Waals surface area (Å²) in [7, 11) is 0. The Bertz CT molecular complexity index is 4000. The molecule has 0 unspecified atom stereocenters. The SMILES string of the molecule is CC(C)c1ccc(N(c2cc3c(c4ccccc24)-c2cc(N(c4ccc(C(C)C)cc4)c4cccc5c4oc4ccccc45)c4ccccc4c2C3(C)C)c2cccc3c2oc2ccccc23)cc1. The highest BCUT2D eigenvalue weighted by Crippen LogP contribution is 2.59. The van der Waals surface area contributed by atoms with Gasteiger partial charge < -0.3 is 18.6 Å². The van der Waals surface area contributed by atoms with E-state index in [1.165, 1.54) is 54.9 Å². The van der Waals surface area contributed by atoms with Crippen LogP contribution in [-0.2, 0) is 5.41 Å². The molecule has 1 aliphatic carbocycles. The Morgan fingerprint density at radius 2 is 0.783 bits per heavy atom. The van der Waals surface area contributed by atoms with Crippen LogP contribution in [-0.4, -0.2) is 0 Å². The minimum absolute atomic E-state index is 0.372. The topological polar surface area (TPSA) is 32.8 Å². The third-order valence-electron chi connectivity index (χ3n) is 15.0. The van der Waals surface area contributed by atoms with Gasteiger partial charge in [-0.3, -0.25) is 0 Å². The monoisotopic (exact) mass is 892 g/mol. The molecule has 0 saturated carbocycles. The molecule has 0 amide bonds. The second kappa shape index (κ2) is 15.5. The fourth-order valence-corrected chi connectivity index (χ4v) is 11.5. The first kappa shape index (κ1) is 41.1. The van der Waals surface area contributed by atoms with Crippen molar-refractivity contribution in [2.75, 3.05) is 9.80 Å². The average Bonchev–Trinajstić information content (AvgIpc) is 4.03. The summed E-state index contributed by atoms with van der Waals surface area (Å²) >= 11 is 0. The van der Waals surface area contributed by atoms with E-state index < -0.39 is 0 Å². The molecule has 10 aromatic carbocycles. The molecular weight excluding hydrogens is 841 g/mol. The Balaban J connectivity index is 1.10. The van der Waals surface area contributed by atoms with Gasteiger partial charge in [-0.25, -0.2) is 0 Å². The zero-order valence-corrected chi connectivity index (χ0v) is 39.8. The first-order valence-electron chi connectivity index (χ1n) is 24.4. The maximum Gasteiger partial charge on any atom is 0.159 e. The van der Waals surface area contributed by atoms with Crippen LogP contribution in [0.3, 0.4) is 0 Å². The molecule has 2 aromatic heterocycles. The van der Waals surface area contributed by atoms with Crippen LogP contribution in [0.15, 0.2) is 203 Å². The van der Waals surface area contributed by atoms with E-state index in [-0.39, 0.29) is 5.41 Å². The van der Waals surface area contributed by atoms with E-state index in [0.29, 0.717) is 11.8 Å². The van der Waals surface area contributed by atoms with Gasteiger partial charge in [-0.1, -0.05) is 175 Å². The summed E-state index contributed by atoms with van der Waals surface area (Å²) in [5, 5.41) is 9.24. The van der Waals surface area contributed by atoms with E-state index in [0.717, 1.165) is 78.0 Å². The van der Waals surface area contributed by atoms with Crippen molar-refractivity contribution < 1.29 is 8.83 Å². The molecule has 0 bridgehead atoms. The van der Waals surface area contributed by atoms with Crippen LogP contribution in [0.4, 0.5) is 34.1 Å². The smallest absolute Gasteiger partial charge is 0.159 e. The molecule has 0 spiro atoms. The van der Waals surface area contributed by atoms with Gasteiger partial charge in [0.2, 0.25) is 0 Å². The zero-order valence-electron chi connectivity index (χ0n) is 39.8. The lowest BCUT2D eigenvalue weighted by molar-refractivity contribution is 0.666. The first-order valence-corrected chi connectivity index (χ1v) is 24.4. The second-order valence-corrected chi connectivity index (χ2v) is 20.0. The molecule has 1 aliphatic rings. The molecule has 0 N–H and O–H groups in total. The van der Waals surface area contributed by atoms with E-state index >= 15 is 0 Å². The number of hydrogen-bond acceptors (Lipinski definition) is 4. The van der Waals surface area contributed by atoms with Crippen molar-refractivity contribution in [3.63, 3.8) is 0 Å². The van der Waals surface area contributed by atoms with Crippen LogP contribution >= 0.6 is 0 Å². The molecule has 69 heavy (non-hydrogen) atoms. The summed E-state index contributed by atoms with van der Waals surface area (Å²) < 4.78 is 13.7. The normalized spacial score (nSPS) is 13.2. The van der Waals surface area contributed by atoms with Crippen molar-refractivity contribution in [2.45, 2.75) is 58.8 Å². The lowest BCUT2D eigenvalue weighted by Crippen LogP contribution is -2.18. The highest BCUT2D eigenvalue weighted by Gasteiger charge is 2.41. The number of furan rings is 2. The maximum atomic E-state index is 6.84. The van der Waals surface area contributed by atoms with Gasteiger partial charge in [-0.2, -0.15) is 0 Å². The summed E-state index contributed by atoms with van der Waals surface area (Å²) in [6.45, 7) is 13.9. The Morgan fingerprint density at radius 1 is 0.377 bits per heavy atom. The highest BCUT2D eigenvalue weighted by molar-refractivity contribution is 6.18. The number of rotatable bonds is 8. The van der Waals surface area contributed by atoms with Gasteiger partial charge in [0, 0.05) is 49.1 Å². The predicted octanol–water partition coefficient (Wildman–Crippen LogP) is 19.3. The molecule has 0 saturated heterocycles. The molecule has 0 atom stereocenters. The summed E-state index contributed by atoms with van der Waals surface area (Å²) in [4.78, 5) is 4.88. The van der Waals surface area contributed by atoms with Gasteiger partial charge in [0.25, 0.3) is 0 Å². The number of nitrogens with zero attached hydrogens (tertiary/aromatic N) is 2. The average molecular weight is 893 g/mol. The molecule has 12 aromatic rings. The minimum atomic E-state index is -0.372. The summed E-state index contributed by atoms with van der Waals surface area (Å²) in [5.41, 5.74) is 17.3. The van der Waals surface area contributed by atoms with Gasteiger partial charge in [0.05, 0.1) is 22.7 Å². The number of benzene rings is 10. The Kier molecular flexibility index (Phi) is 9.23. The standard InChI is InChI=1S/C65H52N2O2/c1-39(2)41-29-33-43(34-30-41)66(55-25-15-23-51-47-19-11-13-27-59(47)68-63(51)55)57-37-53-61-49-21-9-7-17-45(49)58(38-54(61)65(5,6)62(53)50-22-10-8-18-46(50)57)67(44-35-31-42(32-36-44)40(3)4)56-26-16-24-52-48-20-12-14-28-60(48)69-64(52)56/h7-40H,1-6H3. The van der Waals surface area contributed by atoms with Crippen LogP contribution in [0.2, 0.25) is 0 Å². The van der Waals surface area contributed by atoms with Crippen LogP contribution < -0.4 is 9.80 Å². The fourth-order valence-electron chi connectivity index (χ4n) is 11.5. The maximum absolute atomic E-state index is 6.84. The van der Waals surface area contributed by atoms with Crippen LogP contribution in [0, 0.1) is 0 Å². The Morgan fingerprint density at radius 3 is 1.28 bits per heavy atom. The van der Waals surface area contributed by atoms with Crippen LogP contribution in [0.5, 0.6) is 0 Å². The van der Waals surface area contributed by atoms with E-state index in [2.05, 4.69) is 245 Å². The van der Waals surface area contributed by atoms with E-state index in [9.17, 15) is 0 Å². The quantitative estimate of drug-likeness (QED) is 0.152. The third-order valence-corrected chi connectivity index (χ3v) is 15.0. The highest BCUT2D eigenvalue weighted by atomic mass is 16.3. The van der Waals surface area contributed by atoms with Gasteiger partial charge in [0.15, 0.2) is 11.2 Å². The van der Waals surface area contributed by atoms with Gasteiger partial charge in [0.1, 0.15) is 11.2 Å². The van der Waals surface area contributed by atoms with Gasteiger partial charge in [-0.05, 0) is 117 Å². The van der Waals surface area contributed by atoms with E-state index in [1.807, 2.05) is 0 Å². The molecule has 4 nitrogen and oxygen atoms in total. The van der Waals surface area contributed by atoms with E-state index in [1.54, 1.807) is 0 Å². The van der Waals surface area contributed by atoms with E-state index in [4.69, 9.17) is 8.83 Å². The Hall–Kier alpha value is -8.08. The number of hydrogen-bond donors (Lipinski definition) is 0. The summed E-state index contributed by atoms with van der Waals surface area (Å²) in [5.74, 6) is 0.819. The number of anilines is 6. The largest absolute Gasteiger partial charge is 0.454 e. The molecule has 334 valence electrons. The molecule has 2 heterocycles. The van der Waals surface area contributed by atoms with Crippen LogP contribution in [0.25, 0.3) is 76.5 Å². The van der Waals surface area contributed by atoms with Crippen molar-refractivity contribution in [1.29, 1.82) is 0 Å². The minimum Gasteiger partial charge on any atom is -0.454 e. The van der Waals surface area contributed by atoms with Crippen LogP contribution in [0.1, 0.15) is 75.6 Å². The molecule has 13 rings (SSSR count). The molecule has 0 fully saturated rings. The molecule has 4 heteroatoms. The van der Waals surface area contributed by atoms with Crippen molar-refractivity contribution in [3.05, 3.63) is 216 Å². The lowest BCUT2D eigenvalue weighted by atomic mass is 9.79. The van der Waals surface area contributed by atoms with Crippen molar-refractivity contribution in [3.8, 4) is 11.1 Å². The summed E-state index contributed by atoms with van der Waals surface area (Å²) in [6, 6.07) is 71.2. The third kappa shape index (κ3) is 6.21. The summed E-state index contributed by atoms with van der Waals surface area (Å²) in [6.07, 6.45) is 0.